The summed E-state index contributed by atoms with van der Waals surface area (Å²) in [6.45, 7) is 6.66. The number of ether oxygens (including phenoxy) is 1. The molecule has 188 valence electrons. The van der Waals surface area contributed by atoms with Crippen LogP contribution in [0.25, 0.3) is 0 Å². The normalized spacial score (nSPS) is 14.9. The monoisotopic (exact) mass is 519 g/mol. The number of carbonyl (C=O) groups is 1. The van der Waals surface area contributed by atoms with Gasteiger partial charge < -0.3 is 15.2 Å². The summed E-state index contributed by atoms with van der Waals surface area (Å²) in [5.74, 6) is 0. The van der Waals surface area contributed by atoms with Crippen LogP contribution in [-0.4, -0.2) is 33.2 Å². The summed E-state index contributed by atoms with van der Waals surface area (Å²) < 4.78 is 56.9. The number of benzene rings is 2. The average Bonchev–Trinajstić information content (AvgIpc) is 2.72. The van der Waals surface area contributed by atoms with Crippen LogP contribution < -0.4 is 5.32 Å². The van der Waals surface area contributed by atoms with E-state index in [1.807, 2.05) is 0 Å². The zero-order valence-electron chi connectivity index (χ0n) is 19.5. The molecule has 0 fully saturated rings. The number of halogens is 4. The minimum atomic E-state index is -4.52. The molecule has 0 radical (unpaired) electrons. The van der Waals surface area contributed by atoms with Crippen LogP contribution in [0.1, 0.15) is 51.7 Å². The molecule has 0 saturated carbocycles. The molecule has 0 aromatic heterocycles. The zero-order valence-corrected chi connectivity index (χ0v) is 21.0. The van der Waals surface area contributed by atoms with Gasteiger partial charge in [-0.25, -0.2) is 9.00 Å². The third-order valence-corrected chi connectivity index (χ3v) is 6.66. The summed E-state index contributed by atoms with van der Waals surface area (Å²) in [6.07, 6.45) is -3.62. The van der Waals surface area contributed by atoms with Crippen molar-refractivity contribution >= 4 is 28.5 Å². The highest BCUT2D eigenvalue weighted by atomic mass is 35.5. The number of rotatable bonds is 8. The first-order chi connectivity index (χ1) is 15.6. The summed E-state index contributed by atoms with van der Waals surface area (Å²) in [7, 11) is -1.83. The maximum atomic E-state index is 13.0. The van der Waals surface area contributed by atoms with Crippen LogP contribution in [0, 0.1) is 0 Å². The maximum absolute atomic E-state index is 13.0. The Labute approximate surface area is 205 Å². The van der Waals surface area contributed by atoms with Crippen molar-refractivity contribution in [3.8, 4) is 0 Å². The summed E-state index contributed by atoms with van der Waals surface area (Å²) in [6, 6.07) is 9.12. The van der Waals surface area contributed by atoms with Crippen LogP contribution in [0.2, 0.25) is 5.02 Å². The number of nitrogens with one attached hydrogen (secondary N) is 1. The fourth-order valence-electron chi connectivity index (χ4n) is 3.17. The molecule has 2 unspecified atom stereocenters. The molecule has 0 aliphatic rings. The third kappa shape index (κ3) is 8.29. The third-order valence-electron chi connectivity index (χ3n) is 4.94. The number of carbonyl (C=O) groups excluding carboxylic acids is 1. The topological polar surface area (TPSA) is 75.6 Å². The van der Waals surface area contributed by atoms with Gasteiger partial charge in [0.05, 0.1) is 28.5 Å². The lowest BCUT2D eigenvalue weighted by molar-refractivity contribution is -0.137. The number of alkyl halides is 3. The first-order valence-electron chi connectivity index (χ1n) is 10.6. The van der Waals surface area contributed by atoms with Crippen LogP contribution in [-0.2, 0) is 28.1 Å². The summed E-state index contributed by atoms with van der Waals surface area (Å²) in [5.41, 5.74) is -1.67. The van der Waals surface area contributed by atoms with Crippen molar-refractivity contribution in [2.24, 2.45) is 0 Å². The van der Waals surface area contributed by atoms with E-state index in [4.69, 9.17) is 16.3 Å². The fourth-order valence-corrected chi connectivity index (χ4v) is 4.63. The molecule has 1 amide bonds. The molecule has 2 rings (SSSR count). The quantitative estimate of drug-likeness (QED) is 0.440. The Kier molecular flexibility index (Phi) is 9.18. The van der Waals surface area contributed by atoms with E-state index in [1.54, 1.807) is 39.8 Å². The van der Waals surface area contributed by atoms with E-state index >= 15 is 0 Å². The molecule has 0 aliphatic carbocycles. The molecule has 0 heterocycles. The van der Waals surface area contributed by atoms with Crippen LogP contribution in [0.3, 0.4) is 0 Å². The predicted octanol–water partition coefficient (Wildman–Crippen LogP) is 6.12. The summed E-state index contributed by atoms with van der Waals surface area (Å²) >= 11 is 6.35. The maximum Gasteiger partial charge on any atom is 0.416 e. The van der Waals surface area contributed by atoms with Crippen molar-refractivity contribution in [2.45, 2.75) is 74.1 Å². The highest BCUT2D eigenvalue weighted by molar-refractivity contribution is 7.85. The number of hydrogen-bond donors (Lipinski definition) is 2. The van der Waals surface area contributed by atoms with E-state index in [0.717, 1.165) is 17.7 Å². The van der Waals surface area contributed by atoms with Gasteiger partial charge in [0.15, 0.2) is 0 Å². The van der Waals surface area contributed by atoms with E-state index in [2.05, 4.69) is 5.32 Å². The van der Waals surface area contributed by atoms with Crippen molar-refractivity contribution in [3.63, 3.8) is 0 Å². The molecule has 34 heavy (non-hydrogen) atoms. The summed E-state index contributed by atoms with van der Waals surface area (Å²) in [5, 5.41) is 12.8. The SMILES string of the molecule is CC(CO)(CCCc1ccc(S(=O)c2cccc(C(F)(F)F)c2)cc1Cl)NC(=O)OC(C)(C)C. The first kappa shape index (κ1) is 28.1. The number of aliphatic hydroxyl groups is 1. The molecule has 10 heteroatoms. The van der Waals surface area contributed by atoms with Gasteiger partial charge in [-0.3, -0.25) is 0 Å². The van der Waals surface area contributed by atoms with Crippen molar-refractivity contribution in [1.29, 1.82) is 0 Å². The van der Waals surface area contributed by atoms with Gasteiger partial charge in [0.25, 0.3) is 0 Å². The second kappa shape index (κ2) is 11.1. The second-order valence-corrected chi connectivity index (χ2v) is 11.1. The Balaban J connectivity index is 2.04. The Morgan fingerprint density at radius 2 is 1.74 bits per heavy atom. The Hall–Kier alpha value is -2.10. The van der Waals surface area contributed by atoms with E-state index in [9.17, 15) is 27.3 Å². The van der Waals surface area contributed by atoms with Crippen LogP contribution in [0.15, 0.2) is 52.3 Å². The second-order valence-electron chi connectivity index (χ2n) is 9.25. The van der Waals surface area contributed by atoms with Crippen LogP contribution in [0.4, 0.5) is 18.0 Å². The van der Waals surface area contributed by atoms with Crippen molar-refractivity contribution in [3.05, 3.63) is 58.6 Å². The molecule has 5 nitrogen and oxygen atoms in total. The standard InChI is InChI=1S/C24H29ClF3NO4S/c1-22(2,3)33-21(31)29-23(4,15-30)12-6-7-16-10-11-19(14-20(16)25)34(32)18-9-5-8-17(13-18)24(26,27)28/h5,8-11,13-14,30H,6-7,12,15H2,1-4H3,(H,29,31). The smallest absolute Gasteiger partial charge is 0.416 e. The molecule has 0 saturated heterocycles. The molecular weight excluding hydrogens is 491 g/mol. The zero-order chi connectivity index (χ0) is 25.7. The molecule has 0 bridgehead atoms. The number of aliphatic hydroxyl groups excluding tert-OH is 1. The lowest BCUT2D eigenvalue weighted by atomic mass is 9.94. The average molecular weight is 520 g/mol. The van der Waals surface area contributed by atoms with Gasteiger partial charge >= 0.3 is 12.3 Å². The van der Waals surface area contributed by atoms with Gasteiger partial charge in [0, 0.05) is 14.8 Å². The van der Waals surface area contributed by atoms with E-state index < -0.39 is 39.8 Å². The number of hydrogen-bond acceptors (Lipinski definition) is 4. The van der Waals surface area contributed by atoms with Gasteiger partial charge in [-0.05, 0) is 82.9 Å². The largest absolute Gasteiger partial charge is 0.444 e. The predicted molar refractivity (Wildman–Crippen MR) is 125 cm³/mol. The van der Waals surface area contributed by atoms with E-state index in [0.29, 0.717) is 29.2 Å². The Morgan fingerprint density at radius 3 is 2.29 bits per heavy atom. The van der Waals surface area contributed by atoms with Crippen molar-refractivity contribution in [2.75, 3.05) is 6.61 Å². The summed E-state index contributed by atoms with van der Waals surface area (Å²) in [4.78, 5) is 12.4. The molecule has 2 atom stereocenters. The van der Waals surface area contributed by atoms with Gasteiger partial charge in [0.2, 0.25) is 0 Å². The lowest BCUT2D eigenvalue weighted by Gasteiger charge is -2.30. The minimum absolute atomic E-state index is 0.0329. The van der Waals surface area contributed by atoms with Gasteiger partial charge in [-0.2, -0.15) is 13.2 Å². The highest BCUT2D eigenvalue weighted by Crippen LogP contribution is 2.32. The Bertz CT molecular complexity index is 1040. The first-order valence-corrected chi connectivity index (χ1v) is 12.2. The fraction of sp³-hybridized carbons (Fsp3) is 0.458. The lowest BCUT2D eigenvalue weighted by Crippen LogP contribution is -2.50. The number of alkyl carbamates (subject to hydrolysis) is 1. The van der Waals surface area contributed by atoms with Crippen molar-refractivity contribution in [1.82, 2.24) is 5.32 Å². The number of amides is 1. The highest BCUT2D eigenvalue weighted by Gasteiger charge is 2.31. The molecule has 2 N–H and O–H groups in total. The molecule has 0 aliphatic heterocycles. The number of aryl methyl sites for hydroxylation is 1. The minimum Gasteiger partial charge on any atom is -0.444 e. The molecular formula is C24H29ClF3NO4S. The molecule has 0 spiro atoms. The van der Waals surface area contributed by atoms with E-state index in [1.165, 1.54) is 18.2 Å². The van der Waals surface area contributed by atoms with Gasteiger partial charge in [-0.15, -0.1) is 0 Å². The van der Waals surface area contributed by atoms with Gasteiger partial charge in [-0.1, -0.05) is 23.7 Å². The van der Waals surface area contributed by atoms with Crippen LogP contribution >= 0.6 is 11.6 Å². The van der Waals surface area contributed by atoms with Crippen LogP contribution in [0.5, 0.6) is 0 Å². The van der Waals surface area contributed by atoms with Crippen molar-refractivity contribution < 1.29 is 32.0 Å². The molecule has 2 aromatic rings. The Morgan fingerprint density at radius 1 is 1.09 bits per heavy atom. The van der Waals surface area contributed by atoms with Gasteiger partial charge in [0.1, 0.15) is 5.60 Å². The molecule has 2 aromatic carbocycles. The van der Waals surface area contributed by atoms with E-state index in [-0.39, 0.29) is 11.5 Å².